The summed E-state index contributed by atoms with van der Waals surface area (Å²) in [6.45, 7) is 1.54. The van der Waals surface area contributed by atoms with E-state index in [4.69, 9.17) is 9.47 Å². The molecule has 1 rings (SSSR count). The van der Waals surface area contributed by atoms with E-state index in [1.807, 2.05) is 0 Å². The van der Waals surface area contributed by atoms with E-state index < -0.39 is 0 Å². The van der Waals surface area contributed by atoms with Crippen molar-refractivity contribution in [3.8, 4) is 5.75 Å². The first-order valence-electron chi connectivity index (χ1n) is 3.95. The zero-order chi connectivity index (χ0) is 10.6. The van der Waals surface area contributed by atoms with E-state index in [9.17, 15) is 4.79 Å². The van der Waals surface area contributed by atoms with Gasteiger partial charge in [0.25, 0.3) is 0 Å². The number of pyridine rings is 1. The molecule has 0 aliphatic rings. The molecule has 76 valence electrons. The Balaban J connectivity index is 2.71. The van der Waals surface area contributed by atoms with Crippen molar-refractivity contribution in [1.82, 2.24) is 4.98 Å². The van der Waals surface area contributed by atoms with Gasteiger partial charge < -0.3 is 9.47 Å². The third-order valence-electron chi connectivity index (χ3n) is 1.52. The lowest BCUT2D eigenvalue weighted by atomic mass is 10.3. The average Bonchev–Trinajstić information content (AvgIpc) is 2.15. The zero-order valence-electron chi connectivity index (χ0n) is 7.91. The Hall–Kier alpha value is -1.10. The van der Waals surface area contributed by atoms with Crippen LogP contribution in [0.3, 0.4) is 0 Å². The number of nitrogens with zero attached hydrogens (tertiary/aromatic N) is 1. The molecule has 0 aliphatic carbocycles. The van der Waals surface area contributed by atoms with Crippen LogP contribution in [0.15, 0.2) is 16.7 Å². The van der Waals surface area contributed by atoms with Crippen LogP contribution in [0, 0.1) is 0 Å². The molecule has 1 aromatic heterocycles. The van der Waals surface area contributed by atoms with Crippen LogP contribution in [0.25, 0.3) is 0 Å². The van der Waals surface area contributed by atoms with Gasteiger partial charge in [-0.1, -0.05) is 0 Å². The van der Waals surface area contributed by atoms with Crippen LogP contribution >= 0.6 is 15.9 Å². The lowest BCUT2D eigenvalue weighted by molar-refractivity contribution is -0.142. The van der Waals surface area contributed by atoms with E-state index >= 15 is 0 Å². The molecule has 0 saturated carbocycles. The molecule has 0 spiro atoms. The van der Waals surface area contributed by atoms with Gasteiger partial charge in [0, 0.05) is 6.92 Å². The van der Waals surface area contributed by atoms with Crippen LogP contribution < -0.4 is 4.74 Å². The van der Waals surface area contributed by atoms with E-state index in [2.05, 4.69) is 20.9 Å². The summed E-state index contributed by atoms with van der Waals surface area (Å²) in [7, 11) is 1.56. The van der Waals surface area contributed by atoms with Crippen molar-refractivity contribution in [3.05, 3.63) is 22.4 Å². The largest absolute Gasteiger partial charge is 0.494 e. The number of halogens is 1. The van der Waals surface area contributed by atoms with Gasteiger partial charge in [0.1, 0.15) is 6.61 Å². The van der Waals surface area contributed by atoms with Crippen molar-refractivity contribution in [2.45, 2.75) is 13.5 Å². The quantitative estimate of drug-likeness (QED) is 0.779. The molecule has 0 aliphatic heterocycles. The summed E-state index contributed by atoms with van der Waals surface area (Å²) >= 11 is 3.31. The van der Waals surface area contributed by atoms with Gasteiger partial charge in [-0.15, -0.1) is 0 Å². The molecule has 0 radical (unpaired) electrons. The summed E-state index contributed by atoms with van der Waals surface area (Å²) < 4.78 is 10.6. The van der Waals surface area contributed by atoms with Gasteiger partial charge in [-0.2, -0.15) is 0 Å². The Labute approximate surface area is 90.4 Å². The summed E-state index contributed by atoms with van der Waals surface area (Å²) in [5.41, 5.74) is 0.674. The molecule has 1 heterocycles. The minimum atomic E-state index is -0.321. The van der Waals surface area contributed by atoms with Gasteiger partial charge in [-0.05, 0) is 22.0 Å². The van der Waals surface area contributed by atoms with E-state index in [-0.39, 0.29) is 12.6 Å². The molecule has 0 bridgehead atoms. The highest BCUT2D eigenvalue weighted by molar-refractivity contribution is 9.10. The number of carbonyl (C=O) groups excluding carboxylic acids is 1. The van der Waals surface area contributed by atoms with Crippen molar-refractivity contribution >= 4 is 21.9 Å². The molecule has 0 saturated heterocycles. The van der Waals surface area contributed by atoms with Gasteiger partial charge in [-0.25, -0.2) is 0 Å². The van der Waals surface area contributed by atoms with Crippen LogP contribution in [-0.2, 0) is 16.1 Å². The van der Waals surface area contributed by atoms with Gasteiger partial charge in [0.15, 0.2) is 5.75 Å². The molecule has 5 heteroatoms. The molecule has 1 aromatic rings. The Morgan fingerprint density at radius 1 is 1.64 bits per heavy atom. The summed E-state index contributed by atoms with van der Waals surface area (Å²) in [4.78, 5) is 14.6. The monoisotopic (exact) mass is 259 g/mol. The maximum absolute atomic E-state index is 10.5. The number of aromatic nitrogens is 1. The second kappa shape index (κ2) is 4.95. The van der Waals surface area contributed by atoms with E-state index in [1.165, 1.54) is 6.92 Å². The van der Waals surface area contributed by atoms with Crippen LogP contribution in [0.1, 0.15) is 12.6 Å². The van der Waals surface area contributed by atoms with Crippen LogP contribution in [0.5, 0.6) is 5.75 Å². The van der Waals surface area contributed by atoms with Crippen molar-refractivity contribution in [2.24, 2.45) is 0 Å². The minimum absolute atomic E-state index is 0.178. The number of ether oxygens (including phenoxy) is 2. The zero-order valence-corrected chi connectivity index (χ0v) is 9.50. The third kappa shape index (κ3) is 2.99. The normalized spacial score (nSPS) is 9.64. The predicted molar refractivity (Wildman–Crippen MR) is 54.0 cm³/mol. The molecule has 0 fully saturated rings. The molecule has 0 aromatic carbocycles. The Morgan fingerprint density at radius 2 is 2.36 bits per heavy atom. The Bertz CT molecular complexity index is 341. The summed E-state index contributed by atoms with van der Waals surface area (Å²) in [5.74, 6) is 0.329. The second-order valence-electron chi connectivity index (χ2n) is 2.59. The van der Waals surface area contributed by atoms with Crippen molar-refractivity contribution in [1.29, 1.82) is 0 Å². The first-order chi connectivity index (χ1) is 6.63. The standard InChI is InChI=1S/C9H10BrNO3/c1-6(12)14-5-7-3-8(10)9(13-2)4-11-7/h3-4H,5H2,1-2H3. The Kier molecular flexibility index (Phi) is 3.88. The highest BCUT2D eigenvalue weighted by Crippen LogP contribution is 2.23. The summed E-state index contributed by atoms with van der Waals surface area (Å²) in [5, 5.41) is 0. The topological polar surface area (TPSA) is 48.4 Å². The van der Waals surface area contributed by atoms with Gasteiger partial charge in [0.2, 0.25) is 0 Å². The van der Waals surface area contributed by atoms with Crippen LogP contribution in [-0.4, -0.2) is 18.1 Å². The number of rotatable bonds is 3. The van der Waals surface area contributed by atoms with Crippen molar-refractivity contribution in [3.63, 3.8) is 0 Å². The van der Waals surface area contributed by atoms with Crippen LogP contribution in [0.2, 0.25) is 0 Å². The fraction of sp³-hybridized carbons (Fsp3) is 0.333. The highest BCUT2D eigenvalue weighted by atomic mass is 79.9. The molecule has 4 nitrogen and oxygen atoms in total. The number of hydrogen-bond donors (Lipinski definition) is 0. The summed E-state index contributed by atoms with van der Waals surface area (Å²) in [6.07, 6.45) is 1.57. The first-order valence-corrected chi connectivity index (χ1v) is 4.74. The maximum atomic E-state index is 10.5. The van der Waals surface area contributed by atoms with E-state index in [0.29, 0.717) is 11.4 Å². The number of methoxy groups -OCH3 is 1. The maximum Gasteiger partial charge on any atom is 0.303 e. The fourth-order valence-corrected chi connectivity index (χ4v) is 1.39. The second-order valence-corrected chi connectivity index (χ2v) is 3.44. The first kappa shape index (κ1) is 11.0. The van der Waals surface area contributed by atoms with Gasteiger partial charge >= 0.3 is 5.97 Å². The van der Waals surface area contributed by atoms with Crippen molar-refractivity contribution in [2.75, 3.05) is 7.11 Å². The summed E-state index contributed by atoms with van der Waals surface area (Å²) in [6, 6.07) is 1.75. The smallest absolute Gasteiger partial charge is 0.303 e. The Morgan fingerprint density at radius 3 is 2.86 bits per heavy atom. The lowest BCUT2D eigenvalue weighted by Crippen LogP contribution is -2.01. The average molecular weight is 260 g/mol. The SMILES string of the molecule is COc1cnc(COC(C)=O)cc1Br. The molecular formula is C9H10BrNO3. The molecule has 14 heavy (non-hydrogen) atoms. The molecule has 0 unspecified atom stereocenters. The minimum Gasteiger partial charge on any atom is -0.494 e. The van der Waals surface area contributed by atoms with Gasteiger partial charge in [-0.3, -0.25) is 9.78 Å². The fourth-order valence-electron chi connectivity index (χ4n) is 0.863. The predicted octanol–water partition coefficient (Wildman–Crippen LogP) is 1.92. The molecule has 0 amide bonds. The third-order valence-corrected chi connectivity index (χ3v) is 2.14. The highest BCUT2D eigenvalue weighted by Gasteiger charge is 2.03. The molecule has 0 N–H and O–H groups in total. The van der Waals surface area contributed by atoms with E-state index in [1.54, 1.807) is 19.4 Å². The van der Waals surface area contributed by atoms with Crippen molar-refractivity contribution < 1.29 is 14.3 Å². The number of hydrogen-bond acceptors (Lipinski definition) is 4. The number of carbonyl (C=O) groups is 1. The lowest BCUT2D eigenvalue weighted by Gasteiger charge is -2.05. The molecular weight excluding hydrogens is 250 g/mol. The molecule has 0 atom stereocenters. The number of esters is 1. The van der Waals surface area contributed by atoms with E-state index in [0.717, 1.165) is 4.47 Å². The van der Waals surface area contributed by atoms with Gasteiger partial charge in [0.05, 0.1) is 23.5 Å². The van der Waals surface area contributed by atoms with Crippen LogP contribution in [0.4, 0.5) is 0 Å².